The third kappa shape index (κ3) is 8.96. The quantitative estimate of drug-likeness (QED) is 0.247. The van der Waals surface area contributed by atoms with Gasteiger partial charge in [-0.3, -0.25) is 24.0 Å². The molecule has 0 fully saturated rings. The number of carbonyl (C=O) groups is 6. The Morgan fingerprint density at radius 3 is 2.19 bits per heavy atom. The molecule has 0 aromatic heterocycles. The molecular weight excluding hydrogens is 786 g/mol. The second-order valence-electron chi connectivity index (χ2n) is 15.3. The highest BCUT2D eigenvalue weighted by Gasteiger charge is 2.52. The Balaban J connectivity index is 1.65. The van der Waals surface area contributed by atoms with E-state index in [1.807, 2.05) is 0 Å². The number of hydrogen-bond acceptors (Lipinski definition) is 13. The van der Waals surface area contributed by atoms with Crippen molar-refractivity contribution in [2.45, 2.75) is 85.6 Å². The first-order chi connectivity index (χ1) is 27.7. The predicted molar refractivity (Wildman–Crippen MR) is 214 cm³/mol. The SMILES string of the molecule is CO[C@H]1/C=C/O[C@@]2(C)Oc3c(C)c(OC(=O)c4ccc(Cl)cc4)c4c(c3C2=O)C(=O)C=C(NC(=O)/C(C)=C\C=C\[C@H](C)[C@H](O)[C@@H](C)[C@H](O)[C@H](C)[C@H](OC(C)=O)[C@@H]1C)C4=O. The van der Waals surface area contributed by atoms with Gasteiger partial charge in [-0.25, -0.2) is 4.79 Å². The Kier molecular flexibility index (Phi) is 13.5. The molecule has 0 spiro atoms. The van der Waals surface area contributed by atoms with Crippen LogP contribution in [0.15, 0.2) is 72.2 Å². The zero-order valence-corrected chi connectivity index (χ0v) is 34.9. The number of nitrogens with one attached hydrogen (secondary N) is 1. The second-order valence-corrected chi connectivity index (χ2v) is 15.7. The Bertz CT molecular complexity index is 2190. The normalized spacial score (nSPS) is 30.8. The summed E-state index contributed by atoms with van der Waals surface area (Å²) >= 11 is 6.01. The number of carbonyl (C=O) groups excluding carboxylic acids is 6. The summed E-state index contributed by atoms with van der Waals surface area (Å²) in [7, 11) is 1.41. The fraction of sp³-hybridized carbons (Fsp3) is 0.409. The Labute approximate surface area is 346 Å². The maximum absolute atomic E-state index is 14.3. The molecule has 14 nitrogen and oxygen atoms in total. The highest BCUT2D eigenvalue weighted by molar-refractivity contribution is 6.31. The first kappa shape index (κ1) is 44.7. The van der Waals surface area contributed by atoms with Crippen molar-refractivity contribution in [1.29, 1.82) is 0 Å². The number of ketones is 3. The molecule has 1 amide bonds. The van der Waals surface area contributed by atoms with Crippen LogP contribution in [0, 0.1) is 30.6 Å². The van der Waals surface area contributed by atoms with E-state index in [9.17, 15) is 39.0 Å². The summed E-state index contributed by atoms with van der Waals surface area (Å²) in [6.07, 6.45) is 4.10. The van der Waals surface area contributed by atoms with Gasteiger partial charge in [-0.2, -0.15) is 0 Å². The monoisotopic (exact) mass is 833 g/mol. The maximum Gasteiger partial charge on any atom is 0.343 e. The lowest BCUT2D eigenvalue weighted by Gasteiger charge is -2.38. The van der Waals surface area contributed by atoms with Crippen molar-refractivity contribution in [2.24, 2.45) is 23.7 Å². The van der Waals surface area contributed by atoms with Crippen LogP contribution in [0.1, 0.15) is 95.5 Å². The molecule has 0 saturated heterocycles. The highest BCUT2D eigenvalue weighted by atomic mass is 35.5. The summed E-state index contributed by atoms with van der Waals surface area (Å²) in [6.45, 7) is 12.3. The van der Waals surface area contributed by atoms with Crippen molar-refractivity contribution in [3.05, 3.63) is 105 Å². The smallest absolute Gasteiger partial charge is 0.343 e. The number of Topliss-reactive ketones (excluding diaryl/α,β-unsaturated/α-hetero) is 2. The fourth-order valence-corrected chi connectivity index (χ4v) is 7.60. The van der Waals surface area contributed by atoms with E-state index in [2.05, 4.69) is 5.32 Å². The molecule has 0 unspecified atom stereocenters. The fourth-order valence-electron chi connectivity index (χ4n) is 7.47. The van der Waals surface area contributed by atoms with E-state index in [0.717, 1.165) is 12.3 Å². The summed E-state index contributed by atoms with van der Waals surface area (Å²) in [4.78, 5) is 81.9. The number of rotatable bonds is 4. The molecule has 9 atom stereocenters. The zero-order chi connectivity index (χ0) is 43.7. The molecule has 3 heterocycles. The molecule has 3 N–H and O–H groups in total. The van der Waals surface area contributed by atoms with Gasteiger partial charge >= 0.3 is 17.7 Å². The maximum atomic E-state index is 14.3. The van der Waals surface area contributed by atoms with Gasteiger partial charge in [0, 0.05) is 66.9 Å². The van der Waals surface area contributed by atoms with Crippen molar-refractivity contribution in [1.82, 2.24) is 5.32 Å². The number of halogens is 1. The van der Waals surface area contributed by atoms with Crippen LogP contribution in [0.2, 0.25) is 5.02 Å². The van der Waals surface area contributed by atoms with Crippen molar-refractivity contribution in [3.8, 4) is 11.5 Å². The van der Waals surface area contributed by atoms with Crippen LogP contribution in [-0.2, 0) is 23.8 Å². The van der Waals surface area contributed by atoms with Gasteiger partial charge in [-0.05, 0) is 44.2 Å². The van der Waals surface area contributed by atoms with Gasteiger partial charge in [-0.1, -0.05) is 57.5 Å². The number of esters is 2. The lowest BCUT2D eigenvalue weighted by Crippen LogP contribution is -2.46. The summed E-state index contributed by atoms with van der Waals surface area (Å²) in [6, 6.07) is 5.72. The minimum Gasteiger partial charge on any atom is -0.462 e. The first-order valence-electron chi connectivity index (χ1n) is 19.0. The van der Waals surface area contributed by atoms with Gasteiger partial charge in [-0.15, -0.1) is 0 Å². The van der Waals surface area contributed by atoms with E-state index in [-0.39, 0.29) is 33.8 Å². The van der Waals surface area contributed by atoms with Gasteiger partial charge in [0.2, 0.25) is 5.78 Å². The Morgan fingerprint density at radius 1 is 0.898 bits per heavy atom. The van der Waals surface area contributed by atoms with Crippen molar-refractivity contribution >= 4 is 46.8 Å². The van der Waals surface area contributed by atoms with Gasteiger partial charge < -0.3 is 39.2 Å². The number of aliphatic hydroxyl groups excluding tert-OH is 2. The number of benzene rings is 2. The zero-order valence-electron chi connectivity index (χ0n) is 34.2. The minimum atomic E-state index is -2.12. The van der Waals surface area contributed by atoms with Crippen LogP contribution in [-0.4, -0.2) is 82.7 Å². The van der Waals surface area contributed by atoms with E-state index in [1.165, 1.54) is 77.3 Å². The standard InChI is InChI=1S/C44H48ClNO13/c1-20-11-10-12-21(2)42(53)46-29-19-30(48)32-33(37(29)51)39(58-43(54)27-13-15-28(45)16-14-27)25(6)40-34(32)41(52)44(8,59-40)56-18-17-31(55-9)22(3)38(57-26(7)47)24(5)36(50)23(4)35(20)49/h10-20,22-24,31,35-36,38,49-50H,1-9H3,(H,46,53)/b11-10+,18-17+,21-12-/t20-,22+,23+,24-,31-,35-,36-,38+,44-/m0/s1. The van der Waals surface area contributed by atoms with Crippen LogP contribution in [0.5, 0.6) is 11.5 Å². The molecule has 0 radical (unpaired) electrons. The van der Waals surface area contributed by atoms with E-state index < -0.39 is 106 Å². The molecule has 59 heavy (non-hydrogen) atoms. The van der Waals surface area contributed by atoms with E-state index in [4.69, 9.17) is 35.3 Å². The van der Waals surface area contributed by atoms with Crippen LogP contribution in [0.3, 0.4) is 0 Å². The second kappa shape index (κ2) is 17.8. The predicted octanol–water partition coefficient (Wildman–Crippen LogP) is 5.80. The van der Waals surface area contributed by atoms with E-state index >= 15 is 0 Å². The van der Waals surface area contributed by atoms with Crippen LogP contribution in [0.4, 0.5) is 0 Å². The molecule has 4 aliphatic rings. The average molecular weight is 834 g/mol. The summed E-state index contributed by atoms with van der Waals surface area (Å²) in [5.74, 6) is -10.2. The van der Waals surface area contributed by atoms with Crippen LogP contribution in [0.25, 0.3) is 0 Å². The number of methoxy groups -OCH3 is 1. The number of fused-ring (bicyclic) bond motifs is 14. The topological polar surface area (TPSA) is 201 Å². The van der Waals surface area contributed by atoms with Crippen molar-refractivity contribution in [3.63, 3.8) is 0 Å². The number of ether oxygens (including phenoxy) is 5. The summed E-state index contributed by atoms with van der Waals surface area (Å²) in [5.41, 5.74) is -1.42. The number of allylic oxidation sites excluding steroid dienone is 4. The molecule has 2 aromatic rings. The summed E-state index contributed by atoms with van der Waals surface area (Å²) in [5, 5.41) is 25.6. The molecule has 6 rings (SSSR count). The van der Waals surface area contributed by atoms with Crippen LogP contribution < -0.4 is 14.8 Å². The lowest BCUT2D eigenvalue weighted by molar-refractivity contribution is -0.160. The highest BCUT2D eigenvalue weighted by Crippen LogP contribution is 2.48. The Morgan fingerprint density at radius 2 is 1.56 bits per heavy atom. The van der Waals surface area contributed by atoms with Gasteiger partial charge in [0.15, 0.2) is 5.78 Å². The van der Waals surface area contributed by atoms with Gasteiger partial charge in [0.25, 0.3) is 11.7 Å². The minimum absolute atomic E-state index is 0.0110. The number of aliphatic hydroxyl groups is 2. The lowest BCUT2D eigenvalue weighted by atomic mass is 9.78. The Hall–Kier alpha value is -5.41. The molecule has 5 bridgehead atoms. The van der Waals surface area contributed by atoms with Gasteiger partial charge in [0.1, 0.15) is 17.6 Å². The molecule has 0 saturated carbocycles. The number of hydrogen-bond donors (Lipinski definition) is 3. The van der Waals surface area contributed by atoms with Crippen molar-refractivity contribution in [2.75, 3.05) is 7.11 Å². The molecule has 3 aliphatic heterocycles. The third-order valence-electron chi connectivity index (χ3n) is 11.1. The largest absolute Gasteiger partial charge is 0.462 e. The summed E-state index contributed by atoms with van der Waals surface area (Å²) < 4.78 is 29.3. The molecule has 1 aliphatic carbocycles. The van der Waals surface area contributed by atoms with Crippen LogP contribution >= 0.6 is 11.6 Å². The van der Waals surface area contributed by atoms with E-state index in [1.54, 1.807) is 33.8 Å². The average Bonchev–Trinajstić information content (AvgIpc) is 3.46. The third-order valence-corrected chi connectivity index (χ3v) is 11.3. The van der Waals surface area contributed by atoms with E-state index in [0.29, 0.717) is 5.02 Å². The molecular formula is C44H48ClNO13. The van der Waals surface area contributed by atoms with Gasteiger partial charge in [0.05, 0.1) is 52.5 Å². The first-order valence-corrected chi connectivity index (χ1v) is 19.4. The molecule has 2 aromatic carbocycles. The number of amides is 1. The molecule has 314 valence electrons. The molecule has 15 heteroatoms. The van der Waals surface area contributed by atoms with Crippen molar-refractivity contribution < 1.29 is 62.7 Å².